The van der Waals surface area contributed by atoms with Gasteiger partial charge in [-0.25, -0.2) is 22.0 Å². The molecular formula is C21H13F5. The number of benzene rings is 3. The van der Waals surface area contributed by atoms with Crippen molar-refractivity contribution in [2.45, 2.75) is 19.8 Å². The van der Waals surface area contributed by atoms with Crippen molar-refractivity contribution in [1.29, 1.82) is 0 Å². The molecule has 3 aromatic rings. The van der Waals surface area contributed by atoms with Gasteiger partial charge in [-0.2, -0.15) is 0 Å². The lowest BCUT2D eigenvalue weighted by Gasteiger charge is -2.04. The summed E-state index contributed by atoms with van der Waals surface area (Å²) in [5, 5.41) is 0.0359. The Morgan fingerprint density at radius 1 is 0.769 bits per heavy atom. The molecule has 0 spiro atoms. The van der Waals surface area contributed by atoms with Crippen molar-refractivity contribution in [2.75, 3.05) is 0 Å². The lowest BCUT2D eigenvalue weighted by atomic mass is 10.0. The van der Waals surface area contributed by atoms with Crippen LogP contribution >= 0.6 is 0 Å². The van der Waals surface area contributed by atoms with E-state index in [1.54, 1.807) is 0 Å². The van der Waals surface area contributed by atoms with Gasteiger partial charge >= 0.3 is 0 Å². The summed E-state index contributed by atoms with van der Waals surface area (Å²) in [7, 11) is 0. The highest BCUT2D eigenvalue weighted by atomic mass is 19.2. The first-order chi connectivity index (χ1) is 12.4. The second-order valence-corrected chi connectivity index (χ2v) is 5.82. The minimum Gasteiger partial charge on any atom is -0.204 e. The molecular weight excluding hydrogens is 347 g/mol. The molecule has 3 rings (SSSR count). The third-order valence-electron chi connectivity index (χ3n) is 4.00. The van der Waals surface area contributed by atoms with Crippen LogP contribution < -0.4 is 0 Å². The van der Waals surface area contributed by atoms with Crippen molar-refractivity contribution in [1.82, 2.24) is 0 Å². The fourth-order valence-electron chi connectivity index (χ4n) is 2.67. The third kappa shape index (κ3) is 3.28. The molecule has 0 amide bonds. The predicted molar refractivity (Wildman–Crippen MR) is 90.2 cm³/mol. The van der Waals surface area contributed by atoms with Crippen LogP contribution in [-0.4, -0.2) is 0 Å². The van der Waals surface area contributed by atoms with Crippen molar-refractivity contribution in [3.8, 4) is 11.8 Å². The van der Waals surface area contributed by atoms with Crippen LogP contribution in [0.15, 0.2) is 36.4 Å². The first-order valence-corrected chi connectivity index (χ1v) is 7.98. The number of hydrogen-bond acceptors (Lipinski definition) is 0. The van der Waals surface area contributed by atoms with Gasteiger partial charge in [-0.15, -0.1) is 0 Å². The molecule has 0 saturated carbocycles. The Kier molecular flexibility index (Phi) is 4.94. The lowest BCUT2D eigenvalue weighted by Crippen LogP contribution is -1.97. The van der Waals surface area contributed by atoms with E-state index < -0.39 is 29.1 Å². The Balaban J connectivity index is 2.01. The average Bonchev–Trinajstić information content (AvgIpc) is 2.63. The topological polar surface area (TPSA) is 0 Å². The number of fused-ring (bicyclic) bond motifs is 1. The molecule has 0 unspecified atom stereocenters. The molecule has 0 radical (unpaired) electrons. The van der Waals surface area contributed by atoms with Crippen LogP contribution in [-0.2, 0) is 6.42 Å². The van der Waals surface area contributed by atoms with Crippen LogP contribution in [0.1, 0.15) is 30.0 Å². The van der Waals surface area contributed by atoms with Gasteiger partial charge in [0.1, 0.15) is 0 Å². The molecule has 0 aromatic heterocycles. The standard InChI is InChI=1S/C21H13F5/c1-2-3-13-7-8-14(19(24)18(13)23)6-4-12-5-9-16-15(10-12)11-17(22)21(26)20(16)25/h5,7-11H,2-3H2,1H3. The van der Waals surface area contributed by atoms with Gasteiger partial charge in [-0.05, 0) is 41.6 Å². The highest BCUT2D eigenvalue weighted by Crippen LogP contribution is 2.24. The minimum atomic E-state index is -1.54. The maximum atomic E-state index is 14.1. The smallest absolute Gasteiger partial charge is 0.195 e. The summed E-state index contributed by atoms with van der Waals surface area (Å²) in [5.74, 6) is -0.920. The van der Waals surface area contributed by atoms with Crippen molar-refractivity contribution >= 4 is 10.8 Å². The molecule has 0 nitrogen and oxygen atoms in total. The number of hydrogen-bond donors (Lipinski definition) is 0. The zero-order chi connectivity index (χ0) is 18.8. The molecule has 26 heavy (non-hydrogen) atoms. The maximum Gasteiger partial charge on any atom is 0.195 e. The minimum absolute atomic E-state index is 0.0874. The zero-order valence-corrected chi connectivity index (χ0v) is 13.8. The molecule has 0 aliphatic rings. The molecule has 0 atom stereocenters. The summed E-state index contributed by atoms with van der Waals surface area (Å²) in [4.78, 5) is 0. The van der Waals surface area contributed by atoms with Gasteiger partial charge in [-0.3, -0.25) is 0 Å². The molecule has 3 aromatic carbocycles. The SMILES string of the molecule is CCCc1ccc(C#Cc2ccc3c(F)c(F)c(F)cc3c2)c(F)c1F. The van der Waals surface area contributed by atoms with Crippen LogP contribution in [0.3, 0.4) is 0 Å². The van der Waals surface area contributed by atoms with E-state index >= 15 is 0 Å². The summed E-state index contributed by atoms with van der Waals surface area (Å²) in [6, 6.07) is 7.76. The van der Waals surface area contributed by atoms with E-state index in [1.807, 2.05) is 6.92 Å². The Labute approximate surface area is 147 Å². The number of aryl methyl sites for hydroxylation is 1. The largest absolute Gasteiger partial charge is 0.204 e. The summed E-state index contributed by atoms with van der Waals surface area (Å²) < 4.78 is 68.3. The first-order valence-electron chi connectivity index (χ1n) is 7.98. The van der Waals surface area contributed by atoms with Crippen molar-refractivity contribution < 1.29 is 22.0 Å². The maximum absolute atomic E-state index is 14.1. The predicted octanol–water partition coefficient (Wildman–Crippen LogP) is 5.89. The molecule has 5 heteroatoms. The van der Waals surface area contributed by atoms with Crippen molar-refractivity contribution in [3.05, 3.63) is 82.2 Å². The van der Waals surface area contributed by atoms with E-state index in [0.717, 1.165) is 6.07 Å². The summed E-state index contributed by atoms with van der Waals surface area (Å²) in [6.45, 7) is 1.86. The van der Waals surface area contributed by atoms with E-state index in [1.165, 1.54) is 30.3 Å². The van der Waals surface area contributed by atoms with Gasteiger partial charge in [0.2, 0.25) is 0 Å². The van der Waals surface area contributed by atoms with Gasteiger partial charge in [-0.1, -0.05) is 37.3 Å². The molecule has 0 heterocycles. The van der Waals surface area contributed by atoms with E-state index in [0.29, 0.717) is 18.4 Å². The Morgan fingerprint density at radius 2 is 1.54 bits per heavy atom. The fourth-order valence-corrected chi connectivity index (χ4v) is 2.67. The Hall–Kier alpha value is -2.87. The van der Waals surface area contributed by atoms with E-state index in [-0.39, 0.29) is 21.9 Å². The van der Waals surface area contributed by atoms with Crippen molar-refractivity contribution in [2.24, 2.45) is 0 Å². The van der Waals surface area contributed by atoms with E-state index in [2.05, 4.69) is 11.8 Å². The second-order valence-electron chi connectivity index (χ2n) is 5.82. The zero-order valence-electron chi connectivity index (χ0n) is 13.8. The van der Waals surface area contributed by atoms with E-state index in [4.69, 9.17) is 0 Å². The third-order valence-corrected chi connectivity index (χ3v) is 4.00. The monoisotopic (exact) mass is 360 g/mol. The molecule has 0 saturated heterocycles. The number of rotatable bonds is 2. The Bertz CT molecular complexity index is 1060. The van der Waals surface area contributed by atoms with Gasteiger partial charge in [0, 0.05) is 10.9 Å². The van der Waals surface area contributed by atoms with Crippen LogP contribution in [0.25, 0.3) is 10.8 Å². The van der Waals surface area contributed by atoms with Crippen LogP contribution in [0, 0.1) is 40.9 Å². The van der Waals surface area contributed by atoms with Gasteiger partial charge in [0.05, 0.1) is 5.56 Å². The van der Waals surface area contributed by atoms with Crippen molar-refractivity contribution in [3.63, 3.8) is 0 Å². The van der Waals surface area contributed by atoms with Crippen LogP contribution in [0.2, 0.25) is 0 Å². The second kappa shape index (κ2) is 7.17. The summed E-state index contributed by atoms with van der Waals surface area (Å²) in [5.41, 5.74) is 0.508. The molecule has 0 N–H and O–H groups in total. The molecule has 0 aliphatic heterocycles. The fraction of sp³-hybridized carbons (Fsp3) is 0.143. The number of halogens is 5. The quantitative estimate of drug-likeness (QED) is 0.304. The molecule has 0 bridgehead atoms. The normalized spacial score (nSPS) is 10.7. The summed E-state index contributed by atoms with van der Waals surface area (Å²) >= 11 is 0. The highest BCUT2D eigenvalue weighted by molar-refractivity contribution is 5.84. The molecule has 0 fully saturated rings. The van der Waals surface area contributed by atoms with Gasteiger partial charge < -0.3 is 0 Å². The summed E-state index contributed by atoms with van der Waals surface area (Å²) in [6.07, 6.45) is 1.11. The first kappa shape index (κ1) is 17.9. The van der Waals surface area contributed by atoms with Gasteiger partial charge in [0.15, 0.2) is 29.1 Å². The van der Waals surface area contributed by atoms with Crippen LogP contribution in [0.5, 0.6) is 0 Å². The van der Waals surface area contributed by atoms with Crippen LogP contribution in [0.4, 0.5) is 22.0 Å². The highest BCUT2D eigenvalue weighted by Gasteiger charge is 2.14. The van der Waals surface area contributed by atoms with E-state index in [9.17, 15) is 22.0 Å². The molecule has 0 aliphatic carbocycles. The average molecular weight is 360 g/mol. The lowest BCUT2D eigenvalue weighted by molar-refractivity contribution is 0.453. The Morgan fingerprint density at radius 3 is 2.27 bits per heavy atom. The van der Waals surface area contributed by atoms with Gasteiger partial charge in [0.25, 0.3) is 0 Å². The molecule has 132 valence electrons.